The van der Waals surface area contributed by atoms with Crippen LogP contribution in [0.5, 0.6) is 0 Å². The molecule has 0 aliphatic carbocycles. The van der Waals surface area contributed by atoms with E-state index in [1.165, 1.54) is 5.69 Å². The summed E-state index contributed by atoms with van der Waals surface area (Å²) in [7, 11) is 0. The van der Waals surface area contributed by atoms with Crippen molar-refractivity contribution in [2.24, 2.45) is 0 Å². The molecule has 0 unspecified atom stereocenters. The zero-order valence-corrected chi connectivity index (χ0v) is 17.8. The van der Waals surface area contributed by atoms with Gasteiger partial charge in [0.25, 0.3) is 0 Å². The van der Waals surface area contributed by atoms with Crippen molar-refractivity contribution in [3.63, 3.8) is 0 Å². The lowest BCUT2D eigenvalue weighted by atomic mass is 9.73. The third-order valence-electron chi connectivity index (χ3n) is 6.09. The number of hydrogen-bond acceptors (Lipinski definition) is 3. The molecule has 3 nitrogen and oxygen atoms in total. The molecule has 30 heavy (non-hydrogen) atoms. The average Bonchev–Trinajstić information content (AvgIpc) is 2.82. The van der Waals surface area contributed by atoms with Crippen molar-refractivity contribution >= 4 is 17.3 Å². The third-order valence-corrected chi connectivity index (χ3v) is 6.34. The number of nitriles is 1. The lowest BCUT2D eigenvalue weighted by Crippen LogP contribution is -2.47. The van der Waals surface area contributed by atoms with Crippen molar-refractivity contribution in [1.82, 2.24) is 4.90 Å². The molecule has 0 bridgehead atoms. The number of nitrogens with zero attached hydrogens (tertiary/aromatic N) is 3. The van der Waals surface area contributed by atoms with E-state index >= 15 is 0 Å². The van der Waals surface area contributed by atoms with Crippen LogP contribution in [-0.2, 0) is 5.41 Å². The van der Waals surface area contributed by atoms with Crippen LogP contribution in [0.4, 0.5) is 5.69 Å². The van der Waals surface area contributed by atoms with Gasteiger partial charge in [0.1, 0.15) is 5.41 Å². The minimum atomic E-state index is -0.629. The van der Waals surface area contributed by atoms with Crippen LogP contribution >= 0.6 is 11.6 Å². The third kappa shape index (κ3) is 4.36. The number of benzene rings is 3. The van der Waals surface area contributed by atoms with Gasteiger partial charge < -0.3 is 4.90 Å². The first-order valence-corrected chi connectivity index (χ1v) is 10.8. The first-order valence-electron chi connectivity index (χ1n) is 10.5. The molecule has 0 radical (unpaired) electrons. The van der Waals surface area contributed by atoms with Crippen molar-refractivity contribution in [3.05, 3.63) is 101 Å². The summed E-state index contributed by atoms with van der Waals surface area (Å²) < 4.78 is 0. The van der Waals surface area contributed by atoms with Crippen molar-refractivity contribution in [2.75, 3.05) is 37.6 Å². The van der Waals surface area contributed by atoms with E-state index in [4.69, 9.17) is 11.6 Å². The number of piperazine rings is 1. The summed E-state index contributed by atoms with van der Waals surface area (Å²) >= 11 is 6.02. The topological polar surface area (TPSA) is 30.3 Å². The zero-order chi connectivity index (χ0) is 20.8. The monoisotopic (exact) mass is 415 g/mol. The molecule has 0 amide bonds. The second kappa shape index (κ2) is 9.34. The molecule has 1 fully saturated rings. The Labute approximate surface area is 184 Å². The van der Waals surface area contributed by atoms with E-state index in [2.05, 4.69) is 52.3 Å². The maximum atomic E-state index is 10.3. The molecule has 0 spiro atoms. The Hall–Kier alpha value is -2.80. The molecular formula is C26H26ClN3. The zero-order valence-electron chi connectivity index (χ0n) is 17.0. The molecule has 3 aromatic carbocycles. The van der Waals surface area contributed by atoms with Crippen molar-refractivity contribution in [1.29, 1.82) is 5.26 Å². The van der Waals surface area contributed by atoms with E-state index < -0.39 is 5.41 Å². The van der Waals surface area contributed by atoms with Crippen LogP contribution < -0.4 is 4.90 Å². The highest BCUT2D eigenvalue weighted by Crippen LogP contribution is 2.35. The molecule has 4 heteroatoms. The normalized spacial score (nSPS) is 15.0. The van der Waals surface area contributed by atoms with Crippen LogP contribution in [0.15, 0.2) is 84.9 Å². The highest BCUT2D eigenvalue weighted by Gasteiger charge is 2.35. The molecular weight excluding hydrogens is 390 g/mol. The molecule has 0 atom stereocenters. The van der Waals surface area contributed by atoms with Gasteiger partial charge in [0, 0.05) is 43.4 Å². The predicted molar refractivity (Wildman–Crippen MR) is 124 cm³/mol. The molecule has 0 N–H and O–H groups in total. The number of anilines is 1. The maximum Gasteiger partial charge on any atom is 0.108 e. The SMILES string of the molecule is N#CC(CCN1CCN(c2ccc(Cl)cc2)CC1)(c1ccccc1)c1ccccc1. The first-order chi connectivity index (χ1) is 14.7. The largest absolute Gasteiger partial charge is 0.369 e. The van der Waals surface area contributed by atoms with Gasteiger partial charge in [0.15, 0.2) is 0 Å². The van der Waals surface area contributed by atoms with Gasteiger partial charge in [-0.1, -0.05) is 72.3 Å². The van der Waals surface area contributed by atoms with Crippen LogP contribution in [0.2, 0.25) is 5.02 Å². The minimum Gasteiger partial charge on any atom is -0.369 e. The molecule has 1 aliphatic rings. The molecule has 0 aromatic heterocycles. The summed E-state index contributed by atoms with van der Waals surface area (Å²) in [6.07, 6.45) is 0.776. The summed E-state index contributed by atoms with van der Waals surface area (Å²) in [5.41, 5.74) is 2.73. The Bertz CT molecular complexity index is 933. The predicted octanol–water partition coefficient (Wildman–Crippen LogP) is 5.36. The van der Waals surface area contributed by atoms with Crippen molar-refractivity contribution in [2.45, 2.75) is 11.8 Å². The van der Waals surface area contributed by atoms with Gasteiger partial charge in [-0.15, -0.1) is 0 Å². The highest BCUT2D eigenvalue weighted by molar-refractivity contribution is 6.30. The van der Waals surface area contributed by atoms with Gasteiger partial charge in [-0.2, -0.15) is 5.26 Å². The van der Waals surface area contributed by atoms with Crippen LogP contribution in [0.25, 0.3) is 0 Å². The molecule has 3 aromatic rings. The van der Waals surface area contributed by atoms with E-state index in [0.717, 1.165) is 55.3 Å². The van der Waals surface area contributed by atoms with E-state index in [0.29, 0.717) is 0 Å². The van der Waals surface area contributed by atoms with Crippen molar-refractivity contribution in [3.8, 4) is 6.07 Å². The van der Waals surface area contributed by atoms with Gasteiger partial charge in [-0.05, 0) is 41.8 Å². The second-order valence-corrected chi connectivity index (χ2v) is 8.24. The fourth-order valence-electron chi connectivity index (χ4n) is 4.29. The molecule has 4 rings (SSSR count). The summed E-state index contributed by atoms with van der Waals surface area (Å²) in [6, 6.07) is 31.2. The number of hydrogen-bond donors (Lipinski definition) is 0. The van der Waals surface area contributed by atoms with E-state index in [-0.39, 0.29) is 0 Å². The molecule has 1 heterocycles. The van der Waals surface area contributed by atoms with E-state index in [9.17, 15) is 5.26 Å². The molecule has 1 aliphatic heterocycles. The summed E-state index contributed by atoms with van der Waals surface area (Å²) in [5.74, 6) is 0. The lowest BCUT2D eigenvalue weighted by molar-refractivity contribution is 0.244. The highest BCUT2D eigenvalue weighted by atomic mass is 35.5. The van der Waals surface area contributed by atoms with Gasteiger partial charge in [0.2, 0.25) is 0 Å². The quantitative estimate of drug-likeness (QED) is 0.542. The average molecular weight is 416 g/mol. The van der Waals surface area contributed by atoms with Gasteiger partial charge in [0.05, 0.1) is 6.07 Å². The first kappa shape index (κ1) is 20.5. The molecule has 152 valence electrons. The lowest BCUT2D eigenvalue weighted by Gasteiger charge is -2.38. The molecule has 1 saturated heterocycles. The fourth-order valence-corrected chi connectivity index (χ4v) is 4.42. The smallest absolute Gasteiger partial charge is 0.108 e. The molecule has 0 saturated carbocycles. The second-order valence-electron chi connectivity index (χ2n) is 7.80. The van der Waals surface area contributed by atoms with Crippen LogP contribution in [0.1, 0.15) is 17.5 Å². The Morgan fingerprint density at radius 1 is 0.767 bits per heavy atom. The van der Waals surface area contributed by atoms with Crippen molar-refractivity contribution < 1.29 is 0 Å². The van der Waals surface area contributed by atoms with Gasteiger partial charge in [-0.3, -0.25) is 4.90 Å². The van der Waals surface area contributed by atoms with Crippen LogP contribution in [0, 0.1) is 11.3 Å². The van der Waals surface area contributed by atoms with Crippen LogP contribution in [-0.4, -0.2) is 37.6 Å². The Kier molecular flexibility index (Phi) is 6.38. The minimum absolute atomic E-state index is 0.629. The Morgan fingerprint density at radius 2 is 1.30 bits per heavy atom. The Balaban J connectivity index is 1.46. The number of halogens is 1. The maximum absolute atomic E-state index is 10.3. The standard InChI is InChI=1S/C26H26ClN3/c27-24-11-13-25(14-12-24)30-19-17-29(18-20-30)16-15-26(21-28,22-7-3-1-4-8-22)23-9-5-2-6-10-23/h1-14H,15-20H2. The van der Waals surface area contributed by atoms with Crippen LogP contribution in [0.3, 0.4) is 0 Å². The number of rotatable bonds is 6. The summed E-state index contributed by atoms with van der Waals surface area (Å²) in [6.45, 7) is 4.85. The summed E-state index contributed by atoms with van der Waals surface area (Å²) in [4.78, 5) is 4.88. The van der Waals surface area contributed by atoms with Gasteiger partial charge >= 0.3 is 0 Å². The van der Waals surface area contributed by atoms with E-state index in [1.807, 2.05) is 48.5 Å². The fraction of sp³-hybridized carbons (Fsp3) is 0.269. The van der Waals surface area contributed by atoms with E-state index in [1.54, 1.807) is 0 Å². The Morgan fingerprint density at radius 3 is 1.80 bits per heavy atom. The van der Waals surface area contributed by atoms with Gasteiger partial charge in [-0.25, -0.2) is 0 Å². The summed E-state index contributed by atoms with van der Waals surface area (Å²) in [5, 5.41) is 11.1.